The van der Waals surface area contributed by atoms with Gasteiger partial charge >= 0.3 is 6.09 Å². The number of para-hydroxylation sites is 1. The van der Waals surface area contributed by atoms with Crippen LogP contribution in [0, 0.1) is 19.8 Å². The monoisotopic (exact) mass is 571 g/mol. The van der Waals surface area contributed by atoms with Crippen molar-refractivity contribution in [2.75, 3.05) is 5.32 Å². The largest absolute Gasteiger partial charge is 0.508 e. The number of anilines is 1. The lowest BCUT2D eigenvalue weighted by atomic mass is 9.86. The zero-order chi connectivity index (χ0) is 29.8. The molecule has 2 aromatic carbocycles. The van der Waals surface area contributed by atoms with Crippen LogP contribution in [0.2, 0.25) is 5.02 Å². The third kappa shape index (κ3) is 7.47. The Labute approximate surface area is 242 Å². The molecule has 0 aliphatic heterocycles. The summed E-state index contributed by atoms with van der Waals surface area (Å²) in [5, 5.41) is 16.4. The van der Waals surface area contributed by atoms with Crippen molar-refractivity contribution in [3.63, 3.8) is 0 Å². The normalized spacial score (nSPS) is 15.8. The molecule has 8 nitrogen and oxygen atoms in total. The summed E-state index contributed by atoms with van der Waals surface area (Å²) in [6.07, 6.45) is 2.33. The van der Waals surface area contributed by atoms with Crippen molar-refractivity contribution in [2.24, 2.45) is 5.92 Å². The molecule has 0 saturated heterocycles. The molecule has 1 aliphatic rings. The summed E-state index contributed by atoms with van der Waals surface area (Å²) in [6.45, 7) is 12.7. The van der Waals surface area contributed by atoms with Gasteiger partial charge in [0.05, 0.1) is 10.7 Å². The molecule has 3 atom stereocenters. The summed E-state index contributed by atoms with van der Waals surface area (Å²) in [6, 6.07) is 8.12. The van der Waals surface area contributed by atoms with Crippen LogP contribution in [-0.2, 0) is 14.3 Å². The van der Waals surface area contributed by atoms with Gasteiger partial charge in [-0.1, -0.05) is 50.1 Å². The van der Waals surface area contributed by atoms with Crippen LogP contribution in [0.4, 0.5) is 10.5 Å². The van der Waals surface area contributed by atoms with Crippen LogP contribution in [0.3, 0.4) is 0 Å². The van der Waals surface area contributed by atoms with E-state index >= 15 is 0 Å². The van der Waals surface area contributed by atoms with Gasteiger partial charge < -0.3 is 25.4 Å². The van der Waals surface area contributed by atoms with Crippen LogP contribution in [0.15, 0.2) is 36.4 Å². The summed E-state index contributed by atoms with van der Waals surface area (Å²) in [5.74, 6) is -0.914. The predicted octanol–water partition coefficient (Wildman–Crippen LogP) is 6.66. The van der Waals surface area contributed by atoms with Crippen molar-refractivity contribution in [2.45, 2.75) is 97.9 Å². The van der Waals surface area contributed by atoms with Crippen LogP contribution in [0.25, 0.3) is 0 Å². The molecular weight excluding hydrogens is 530 g/mol. The molecule has 218 valence electrons. The number of hydrogen-bond donors (Lipinski definition) is 3. The number of aromatic hydroxyl groups is 1. The van der Waals surface area contributed by atoms with Crippen LogP contribution < -0.4 is 10.6 Å². The van der Waals surface area contributed by atoms with E-state index in [4.69, 9.17) is 16.3 Å². The number of rotatable bonds is 9. The number of benzene rings is 2. The number of hydrogen-bond acceptors (Lipinski definition) is 5. The third-order valence-electron chi connectivity index (χ3n) is 7.41. The van der Waals surface area contributed by atoms with Crippen LogP contribution >= 0.6 is 11.6 Å². The molecule has 2 aromatic rings. The maximum atomic E-state index is 14.4. The lowest BCUT2D eigenvalue weighted by Gasteiger charge is -2.44. The van der Waals surface area contributed by atoms with Crippen molar-refractivity contribution in [3.8, 4) is 5.75 Å². The van der Waals surface area contributed by atoms with Crippen molar-refractivity contribution in [1.82, 2.24) is 10.2 Å². The van der Waals surface area contributed by atoms with Gasteiger partial charge in [0.1, 0.15) is 23.4 Å². The standard InChI is InChI=1S/C31H42ClN3O5/c1-8-18(2)26(34-30(39)40-31(5,6)7)29(38)35(22-12-10-13-22)27(21-15-16-24(36)20(4)17-21)28(37)33-25-19(3)11-9-14-23(25)32/h9,11,14-18,22,26-27,36H,8,10,12-13H2,1-7H3,(H,33,37)(H,34,39). The Morgan fingerprint density at radius 2 is 1.80 bits per heavy atom. The fourth-order valence-electron chi connectivity index (χ4n) is 4.73. The van der Waals surface area contributed by atoms with E-state index < -0.39 is 29.7 Å². The molecule has 0 bridgehead atoms. The molecular formula is C31H42ClN3O5. The Bertz CT molecular complexity index is 1220. The smallest absolute Gasteiger partial charge is 0.408 e. The van der Waals surface area contributed by atoms with Gasteiger partial charge in [0.2, 0.25) is 5.91 Å². The number of aryl methyl sites for hydroxylation is 2. The van der Waals surface area contributed by atoms with Gasteiger partial charge in [-0.05, 0) is 94.7 Å². The molecule has 3 N–H and O–H groups in total. The summed E-state index contributed by atoms with van der Waals surface area (Å²) >= 11 is 6.44. The number of phenols is 1. The molecule has 40 heavy (non-hydrogen) atoms. The van der Waals surface area contributed by atoms with Crippen molar-refractivity contribution in [3.05, 3.63) is 58.1 Å². The number of alkyl carbamates (subject to hydrolysis) is 1. The molecule has 0 aromatic heterocycles. The molecule has 3 rings (SSSR count). The number of nitrogens with zero attached hydrogens (tertiary/aromatic N) is 1. The van der Waals surface area contributed by atoms with Crippen molar-refractivity contribution >= 4 is 35.2 Å². The second-order valence-corrected chi connectivity index (χ2v) is 12.1. The minimum Gasteiger partial charge on any atom is -0.508 e. The first-order valence-electron chi connectivity index (χ1n) is 13.9. The maximum Gasteiger partial charge on any atom is 0.408 e. The highest BCUT2D eigenvalue weighted by atomic mass is 35.5. The van der Waals surface area contributed by atoms with Gasteiger partial charge in [-0.3, -0.25) is 9.59 Å². The second-order valence-electron chi connectivity index (χ2n) is 11.7. The van der Waals surface area contributed by atoms with E-state index in [1.807, 2.05) is 26.8 Å². The first-order chi connectivity index (χ1) is 18.7. The Balaban J connectivity index is 2.10. The Kier molecular flexibility index (Phi) is 10.1. The van der Waals surface area contributed by atoms with Gasteiger partial charge in [-0.2, -0.15) is 0 Å². The van der Waals surface area contributed by atoms with E-state index in [2.05, 4.69) is 10.6 Å². The fourth-order valence-corrected chi connectivity index (χ4v) is 5.00. The highest BCUT2D eigenvalue weighted by Gasteiger charge is 2.43. The van der Waals surface area contributed by atoms with Crippen molar-refractivity contribution < 1.29 is 24.2 Å². The molecule has 0 spiro atoms. The Morgan fingerprint density at radius 3 is 2.33 bits per heavy atom. The molecule has 1 saturated carbocycles. The number of carbonyl (C=O) groups excluding carboxylic acids is 3. The number of phenolic OH excluding ortho intramolecular Hbond substituents is 1. The van der Waals surface area contributed by atoms with Crippen LogP contribution in [0.1, 0.15) is 83.0 Å². The summed E-state index contributed by atoms with van der Waals surface area (Å²) in [5.41, 5.74) is 1.65. The molecule has 3 unspecified atom stereocenters. The van der Waals surface area contributed by atoms with E-state index in [1.54, 1.807) is 56.9 Å². The highest BCUT2D eigenvalue weighted by molar-refractivity contribution is 6.34. The molecule has 1 aliphatic carbocycles. The van der Waals surface area contributed by atoms with E-state index in [1.165, 1.54) is 6.07 Å². The number of halogens is 1. The van der Waals surface area contributed by atoms with E-state index in [9.17, 15) is 19.5 Å². The molecule has 3 amide bonds. The van der Waals surface area contributed by atoms with E-state index in [0.717, 1.165) is 24.8 Å². The van der Waals surface area contributed by atoms with Gasteiger partial charge in [0.15, 0.2) is 0 Å². The van der Waals surface area contributed by atoms with Crippen LogP contribution in [-0.4, -0.2) is 45.6 Å². The molecule has 0 heterocycles. The fraction of sp³-hybridized carbons (Fsp3) is 0.516. The Morgan fingerprint density at radius 1 is 1.12 bits per heavy atom. The topological polar surface area (TPSA) is 108 Å². The predicted molar refractivity (Wildman–Crippen MR) is 158 cm³/mol. The van der Waals surface area contributed by atoms with Gasteiger partial charge in [0.25, 0.3) is 5.91 Å². The second kappa shape index (κ2) is 12.9. The van der Waals surface area contributed by atoms with E-state index in [0.29, 0.717) is 28.3 Å². The van der Waals surface area contributed by atoms with E-state index in [-0.39, 0.29) is 23.6 Å². The lowest BCUT2D eigenvalue weighted by Crippen LogP contribution is -2.58. The first kappa shape index (κ1) is 31.3. The number of amides is 3. The zero-order valence-corrected chi connectivity index (χ0v) is 25.3. The average molecular weight is 572 g/mol. The minimum absolute atomic E-state index is 0.0930. The maximum absolute atomic E-state index is 14.4. The number of ether oxygens (including phenoxy) is 1. The molecule has 9 heteroatoms. The molecule has 1 fully saturated rings. The van der Waals surface area contributed by atoms with Crippen molar-refractivity contribution in [1.29, 1.82) is 0 Å². The minimum atomic E-state index is -1.03. The SMILES string of the molecule is CCC(C)C(NC(=O)OC(C)(C)C)C(=O)N(C1CCC1)C(C(=O)Nc1c(C)cccc1Cl)c1ccc(O)c(C)c1. The van der Waals surface area contributed by atoms with Gasteiger partial charge in [-0.25, -0.2) is 4.79 Å². The molecule has 0 radical (unpaired) electrons. The zero-order valence-electron chi connectivity index (χ0n) is 24.5. The Hall–Kier alpha value is -3.26. The van der Waals surface area contributed by atoms with Gasteiger partial charge in [-0.15, -0.1) is 0 Å². The quantitative estimate of drug-likeness (QED) is 0.312. The highest BCUT2D eigenvalue weighted by Crippen LogP contribution is 2.37. The lowest BCUT2D eigenvalue weighted by molar-refractivity contribution is -0.147. The summed E-state index contributed by atoms with van der Waals surface area (Å²) in [7, 11) is 0. The summed E-state index contributed by atoms with van der Waals surface area (Å²) in [4.78, 5) is 43.0. The average Bonchev–Trinajstić information content (AvgIpc) is 2.83. The summed E-state index contributed by atoms with van der Waals surface area (Å²) < 4.78 is 5.48. The first-order valence-corrected chi connectivity index (χ1v) is 14.3. The third-order valence-corrected chi connectivity index (χ3v) is 7.72. The van der Waals surface area contributed by atoms with Crippen LogP contribution in [0.5, 0.6) is 5.75 Å². The van der Waals surface area contributed by atoms with Gasteiger partial charge in [0, 0.05) is 6.04 Å². The number of carbonyl (C=O) groups is 3. The number of nitrogens with one attached hydrogen (secondary N) is 2.